The molecule has 0 aromatic heterocycles. The highest BCUT2D eigenvalue weighted by Crippen LogP contribution is 2.41. The van der Waals surface area contributed by atoms with Crippen LogP contribution in [0.15, 0.2) is 0 Å². The Labute approximate surface area is 128 Å². The summed E-state index contributed by atoms with van der Waals surface area (Å²) in [5, 5.41) is 23.0. The summed E-state index contributed by atoms with van der Waals surface area (Å²) in [5.74, 6) is -1.21. The van der Waals surface area contributed by atoms with E-state index in [2.05, 4.69) is 5.32 Å². The molecule has 1 atom stereocenters. The van der Waals surface area contributed by atoms with E-state index in [4.69, 9.17) is 4.74 Å². The summed E-state index contributed by atoms with van der Waals surface area (Å²) in [6.45, 7) is 1.18. The summed E-state index contributed by atoms with van der Waals surface area (Å²) in [6, 6.07) is -0.180. The van der Waals surface area contributed by atoms with Gasteiger partial charge in [-0.05, 0) is 25.7 Å². The van der Waals surface area contributed by atoms with Crippen molar-refractivity contribution >= 4 is 12.4 Å². The summed E-state index contributed by atoms with van der Waals surface area (Å²) in [5.41, 5.74) is -0.909. The van der Waals surface area contributed by atoms with E-state index in [0.717, 1.165) is 0 Å². The maximum absolute atomic E-state index is 12.3. The lowest BCUT2D eigenvalue weighted by molar-refractivity contribution is -0.199. The van der Waals surface area contributed by atoms with Gasteiger partial charge in [-0.25, -0.2) is 0 Å². The number of aliphatic hydroxyl groups is 2. The molecule has 1 heterocycles. The molecule has 1 aliphatic heterocycles. The first-order chi connectivity index (χ1) is 9.28. The van der Waals surface area contributed by atoms with Crippen molar-refractivity contribution in [1.82, 2.24) is 5.32 Å². The Balaban J connectivity index is 0.00000220. The first-order valence-electron chi connectivity index (χ1n) is 7.07. The number of rotatable bonds is 5. The first kappa shape index (κ1) is 19.0. The fourth-order valence-corrected chi connectivity index (χ4v) is 2.82. The Hall–Kier alpha value is -0.0800. The van der Waals surface area contributed by atoms with Crippen LogP contribution in [0, 0.1) is 5.92 Å². The van der Waals surface area contributed by atoms with Crippen LogP contribution in [0.3, 0.4) is 0 Å². The van der Waals surface area contributed by atoms with Crippen LogP contribution >= 0.6 is 12.4 Å². The molecule has 1 saturated heterocycles. The minimum absolute atomic E-state index is 0. The Morgan fingerprint density at radius 1 is 1.24 bits per heavy atom. The molecular formula is C13H23ClF3NO3. The third-order valence-corrected chi connectivity index (χ3v) is 4.28. The lowest BCUT2D eigenvalue weighted by atomic mass is 9.79. The maximum atomic E-state index is 12.3. The Morgan fingerprint density at radius 3 is 2.33 bits per heavy atom. The minimum Gasteiger partial charge on any atom is -0.392 e. The Kier molecular flexibility index (Phi) is 6.74. The maximum Gasteiger partial charge on any atom is 0.391 e. The summed E-state index contributed by atoms with van der Waals surface area (Å²) >= 11 is 0. The number of ether oxygens (including phenoxy) is 1. The van der Waals surface area contributed by atoms with Crippen LogP contribution in [-0.2, 0) is 4.74 Å². The standard InChI is InChI=1S/C13H22F3NO3.ClH/c14-13(15,16)9-5-10(6-9)17-8-11(18)7-12(19)1-3-20-4-2-12;/h9-11,17-19H,1-8H2;1H. The van der Waals surface area contributed by atoms with Crippen LogP contribution in [0.4, 0.5) is 13.2 Å². The van der Waals surface area contributed by atoms with Crippen molar-refractivity contribution in [1.29, 1.82) is 0 Å². The number of aliphatic hydroxyl groups excluding tert-OH is 1. The lowest BCUT2D eigenvalue weighted by Gasteiger charge is -2.38. The number of nitrogens with one attached hydrogen (secondary N) is 1. The van der Waals surface area contributed by atoms with E-state index in [1.54, 1.807) is 0 Å². The van der Waals surface area contributed by atoms with Crippen molar-refractivity contribution in [3.05, 3.63) is 0 Å². The van der Waals surface area contributed by atoms with Gasteiger partial charge in [0.15, 0.2) is 0 Å². The second-order valence-corrected chi connectivity index (χ2v) is 6.01. The molecule has 0 bridgehead atoms. The first-order valence-corrected chi connectivity index (χ1v) is 7.07. The molecule has 1 unspecified atom stereocenters. The molecule has 8 heteroatoms. The summed E-state index contributed by atoms with van der Waals surface area (Å²) in [7, 11) is 0. The van der Waals surface area contributed by atoms with Crippen LogP contribution in [0.25, 0.3) is 0 Å². The zero-order valence-corrected chi connectivity index (χ0v) is 12.6. The summed E-state index contributed by atoms with van der Waals surface area (Å²) in [6.07, 6.45) is -3.48. The van der Waals surface area contributed by atoms with Crippen LogP contribution in [-0.4, -0.2) is 53.9 Å². The molecule has 0 amide bonds. The minimum atomic E-state index is -4.10. The number of alkyl halides is 3. The normalized spacial score (nSPS) is 30.1. The predicted molar refractivity (Wildman–Crippen MR) is 73.4 cm³/mol. The highest BCUT2D eigenvalue weighted by atomic mass is 35.5. The van der Waals surface area contributed by atoms with Crippen LogP contribution in [0.5, 0.6) is 0 Å². The third-order valence-electron chi connectivity index (χ3n) is 4.28. The monoisotopic (exact) mass is 333 g/mol. The van der Waals surface area contributed by atoms with Gasteiger partial charge in [0.25, 0.3) is 0 Å². The van der Waals surface area contributed by atoms with E-state index in [0.29, 0.717) is 26.1 Å². The predicted octanol–water partition coefficient (Wildman–Crippen LogP) is 1.63. The summed E-state index contributed by atoms with van der Waals surface area (Å²) in [4.78, 5) is 0. The SMILES string of the molecule is Cl.OC(CNC1CC(C(F)(F)F)C1)CC1(O)CCOCC1. The fraction of sp³-hybridized carbons (Fsp3) is 1.00. The molecule has 21 heavy (non-hydrogen) atoms. The highest BCUT2D eigenvalue weighted by Gasteiger charge is 2.47. The second-order valence-electron chi connectivity index (χ2n) is 6.01. The molecule has 0 radical (unpaired) electrons. The number of hydrogen-bond acceptors (Lipinski definition) is 4. The average molecular weight is 334 g/mol. The van der Waals surface area contributed by atoms with Gasteiger partial charge in [-0.2, -0.15) is 13.2 Å². The number of halogens is 4. The van der Waals surface area contributed by atoms with Crippen molar-refractivity contribution in [3.8, 4) is 0 Å². The van der Waals surface area contributed by atoms with Crippen LogP contribution < -0.4 is 5.32 Å². The van der Waals surface area contributed by atoms with Crippen molar-refractivity contribution in [2.24, 2.45) is 5.92 Å². The van der Waals surface area contributed by atoms with Crippen LogP contribution in [0.2, 0.25) is 0 Å². The highest BCUT2D eigenvalue weighted by molar-refractivity contribution is 5.85. The van der Waals surface area contributed by atoms with Gasteiger partial charge >= 0.3 is 6.18 Å². The van der Waals surface area contributed by atoms with Gasteiger partial charge in [-0.1, -0.05) is 0 Å². The molecule has 2 rings (SSSR count). The zero-order valence-electron chi connectivity index (χ0n) is 11.7. The van der Waals surface area contributed by atoms with Gasteiger partial charge in [-0.3, -0.25) is 0 Å². The molecular weight excluding hydrogens is 311 g/mol. The molecule has 2 aliphatic rings. The Bertz CT molecular complexity index is 318. The molecule has 126 valence electrons. The summed E-state index contributed by atoms with van der Waals surface area (Å²) < 4.78 is 42.1. The largest absolute Gasteiger partial charge is 0.392 e. The van der Waals surface area contributed by atoms with Crippen LogP contribution in [0.1, 0.15) is 32.1 Å². The number of hydrogen-bond donors (Lipinski definition) is 3. The van der Waals surface area contributed by atoms with Gasteiger partial charge in [0, 0.05) is 32.2 Å². The topological polar surface area (TPSA) is 61.7 Å². The van der Waals surface area contributed by atoms with Crippen molar-refractivity contribution in [2.75, 3.05) is 19.8 Å². The van der Waals surface area contributed by atoms with Gasteiger partial charge in [-0.15, -0.1) is 12.4 Å². The molecule has 0 aromatic rings. The van der Waals surface area contributed by atoms with Crippen molar-refractivity contribution in [3.63, 3.8) is 0 Å². The van der Waals surface area contributed by atoms with Crippen molar-refractivity contribution < 1.29 is 28.1 Å². The average Bonchev–Trinajstić information content (AvgIpc) is 2.25. The van der Waals surface area contributed by atoms with Gasteiger partial charge in [0.1, 0.15) is 0 Å². The van der Waals surface area contributed by atoms with Gasteiger partial charge < -0.3 is 20.3 Å². The second kappa shape index (κ2) is 7.46. The molecule has 4 nitrogen and oxygen atoms in total. The van der Waals surface area contributed by atoms with E-state index in [1.807, 2.05) is 0 Å². The molecule has 0 aromatic carbocycles. The molecule has 0 spiro atoms. The Morgan fingerprint density at radius 2 is 1.81 bits per heavy atom. The van der Waals surface area contributed by atoms with E-state index >= 15 is 0 Å². The smallest absolute Gasteiger partial charge is 0.391 e. The quantitative estimate of drug-likeness (QED) is 0.715. The molecule has 1 aliphatic carbocycles. The van der Waals surface area contributed by atoms with E-state index in [-0.39, 0.29) is 44.3 Å². The zero-order chi connectivity index (χ0) is 14.8. The van der Waals surface area contributed by atoms with Crippen molar-refractivity contribution in [2.45, 2.75) is 56.0 Å². The molecule has 2 fully saturated rings. The van der Waals surface area contributed by atoms with E-state index in [1.165, 1.54) is 0 Å². The lowest BCUT2D eigenvalue weighted by Crippen LogP contribution is -2.50. The van der Waals surface area contributed by atoms with E-state index in [9.17, 15) is 23.4 Å². The van der Waals surface area contributed by atoms with Gasteiger partial charge in [0.2, 0.25) is 0 Å². The molecule has 1 saturated carbocycles. The van der Waals surface area contributed by atoms with Gasteiger partial charge in [0.05, 0.1) is 17.6 Å². The van der Waals surface area contributed by atoms with E-state index < -0.39 is 23.8 Å². The fourth-order valence-electron chi connectivity index (χ4n) is 2.82. The molecule has 3 N–H and O–H groups in total. The third kappa shape index (κ3) is 5.56.